The van der Waals surface area contributed by atoms with E-state index < -0.39 is 5.97 Å². The van der Waals surface area contributed by atoms with Gasteiger partial charge in [-0.1, -0.05) is 11.3 Å². The highest BCUT2D eigenvalue weighted by molar-refractivity contribution is 7.13. The van der Waals surface area contributed by atoms with Gasteiger partial charge >= 0.3 is 5.97 Å². The maximum absolute atomic E-state index is 11.4. The largest absolute Gasteiger partial charge is 0.476 e. The molecule has 0 bridgehead atoms. The summed E-state index contributed by atoms with van der Waals surface area (Å²) in [6, 6.07) is 8.98. The Bertz CT molecular complexity index is 857. The lowest BCUT2D eigenvalue weighted by atomic mass is 10.2. The number of aromatic carboxylic acids is 1. The van der Waals surface area contributed by atoms with Gasteiger partial charge in [-0.05, 0) is 23.6 Å². The summed E-state index contributed by atoms with van der Waals surface area (Å²) in [7, 11) is 0. The quantitative estimate of drug-likeness (QED) is 0.799. The molecule has 0 amide bonds. The summed E-state index contributed by atoms with van der Waals surface area (Å²) in [5, 5.41) is 19.0. The molecular formula is C14H9N3O4S. The zero-order chi connectivity index (χ0) is 15.1. The average molecular weight is 315 g/mol. The molecule has 0 unspecified atom stereocenters. The fourth-order valence-electron chi connectivity index (χ4n) is 2.26. The fourth-order valence-corrected chi connectivity index (χ4v) is 3.01. The third kappa shape index (κ3) is 1.92. The van der Waals surface area contributed by atoms with E-state index in [4.69, 9.17) is 9.47 Å². The Kier molecular flexibility index (Phi) is 2.83. The second kappa shape index (κ2) is 4.85. The summed E-state index contributed by atoms with van der Waals surface area (Å²) in [6.07, 6.45) is 0. The molecule has 4 rings (SSSR count). The van der Waals surface area contributed by atoms with Crippen molar-refractivity contribution >= 4 is 17.3 Å². The fraction of sp³-hybridized carbons (Fsp3) is 0.0714. The first kappa shape index (κ1) is 12.8. The van der Waals surface area contributed by atoms with E-state index in [0.29, 0.717) is 22.9 Å². The summed E-state index contributed by atoms with van der Waals surface area (Å²) < 4.78 is 12.1. The monoisotopic (exact) mass is 315 g/mol. The van der Waals surface area contributed by atoms with Crippen molar-refractivity contribution in [2.45, 2.75) is 0 Å². The number of hydrogen-bond acceptors (Lipinski definition) is 6. The molecule has 0 saturated carbocycles. The van der Waals surface area contributed by atoms with Crippen molar-refractivity contribution < 1.29 is 19.4 Å². The van der Waals surface area contributed by atoms with Crippen LogP contribution in [0.4, 0.5) is 0 Å². The average Bonchev–Trinajstić information content (AvgIpc) is 3.25. The van der Waals surface area contributed by atoms with E-state index in [1.54, 1.807) is 18.2 Å². The van der Waals surface area contributed by atoms with Crippen LogP contribution in [0.3, 0.4) is 0 Å². The summed E-state index contributed by atoms with van der Waals surface area (Å²) >= 11 is 1.43. The topological polar surface area (TPSA) is 86.5 Å². The maximum atomic E-state index is 11.4. The van der Waals surface area contributed by atoms with Gasteiger partial charge in [-0.15, -0.1) is 16.4 Å². The first-order chi connectivity index (χ1) is 10.7. The molecule has 8 heteroatoms. The summed E-state index contributed by atoms with van der Waals surface area (Å²) in [5.74, 6) is 0.136. The van der Waals surface area contributed by atoms with Gasteiger partial charge in [0, 0.05) is 6.07 Å². The Morgan fingerprint density at radius 3 is 2.91 bits per heavy atom. The first-order valence-electron chi connectivity index (χ1n) is 6.37. The highest BCUT2D eigenvalue weighted by Gasteiger charge is 2.23. The minimum atomic E-state index is -1.12. The van der Waals surface area contributed by atoms with E-state index in [-0.39, 0.29) is 12.5 Å². The van der Waals surface area contributed by atoms with E-state index >= 15 is 0 Å². The highest BCUT2D eigenvalue weighted by Crippen LogP contribution is 2.35. The van der Waals surface area contributed by atoms with E-state index in [0.717, 1.165) is 4.88 Å². The SMILES string of the molecule is O=C(O)c1nnn(-c2ccc3c(c2)OCO3)c1-c1cccs1. The molecule has 22 heavy (non-hydrogen) atoms. The van der Waals surface area contributed by atoms with Crippen LogP contribution >= 0.6 is 11.3 Å². The Labute approximate surface area is 128 Å². The first-order valence-corrected chi connectivity index (χ1v) is 7.25. The maximum Gasteiger partial charge on any atom is 0.358 e. The number of thiophene rings is 1. The molecule has 3 aromatic rings. The molecule has 2 aromatic heterocycles. The predicted molar refractivity (Wildman–Crippen MR) is 77.8 cm³/mol. The molecule has 7 nitrogen and oxygen atoms in total. The zero-order valence-electron chi connectivity index (χ0n) is 11.1. The molecule has 0 spiro atoms. The van der Waals surface area contributed by atoms with Crippen LogP contribution in [-0.2, 0) is 0 Å². The molecule has 0 atom stereocenters. The number of rotatable bonds is 3. The minimum Gasteiger partial charge on any atom is -0.476 e. The number of nitrogens with zero attached hydrogens (tertiary/aromatic N) is 3. The Morgan fingerprint density at radius 1 is 1.27 bits per heavy atom. The number of fused-ring (bicyclic) bond motifs is 1. The summed E-state index contributed by atoms with van der Waals surface area (Å²) in [5.41, 5.74) is 1.02. The van der Waals surface area contributed by atoms with E-state index in [1.165, 1.54) is 16.0 Å². The smallest absolute Gasteiger partial charge is 0.358 e. The third-order valence-electron chi connectivity index (χ3n) is 3.23. The molecular weight excluding hydrogens is 306 g/mol. The van der Waals surface area contributed by atoms with Gasteiger partial charge in [0.2, 0.25) is 6.79 Å². The number of hydrogen-bond donors (Lipinski definition) is 1. The van der Waals surface area contributed by atoms with Gasteiger partial charge in [0.15, 0.2) is 17.2 Å². The lowest BCUT2D eigenvalue weighted by Crippen LogP contribution is -2.02. The van der Waals surface area contributed by atoms with Crippen molar-refractivity contribution in [3.05, 3.63) is 41.4 Å². The molecule has 0 saturated heterocycles. The molecule has 1 aliphatic heterocycles. The van der Waals surface area contributed by atoms with Crippen LogP contribution < -0.4 is 9.47 Å². The molecule has 0 aliphatic carbocycles. The molecule has 3 heterocycles. The van der Waals surface area contributed by atoms with E-state index in [1.807, 2.05) is 17.5 Å². The zero-order valence-corrected chi connectivity index (χ0v) is 11.9. The molecule has 0 fully saturated rings. The second-order valence-corrected chi connectivity index (χ2v) is 5.47. The second-order valence-electron chi connectivity index (χ2n) is 4.52. The van der Waals surface area contributed by atoms with Gasteiger partial charge < -0.3 is 14.6 Å². The number of carboxylic acids is 1. The number of carbonyl (C=O) groups is 1. The van der Waals surface area contributed by atoms with E-state index in [2.05, 4.69) is 10.3 Å². The van der Waals surface area contributed by atoms with Crippen molar-refractivity contribution in [2.75, 3.05) is 6.79 Å². The van der Waals surface area contributed by atoms with Crippen LogP contribution in [0.15, 0.2) is 35.7 Å². The van der Waals surface area contributed by atoms with Crippen molar-refractivity contribution in [2.24, 2.45) is 0 Å². The van der Waals surface area contributed by atoms with Crippen LogP contribution in [-0.4, -0.2) is 32.9 Å². The van der Waals surface area contributed by atoms with Gasteiger partial charge in [-0.3, -0.25) is 0 Å². The number of benzene rings is 1. The van der Waals surface area contributed by atoms with Gasteiger partial charge in [0.25, 0.3) is 0 Å². The van der Waals surface area contributed by atoms with Crippen LogP contribution in [0.2, 0.25) is 0 Å². The van der Waals surface area contributed by atoms with Gasteiger partial charge in [-0.25, -0.2) is 9.48 Å². The summed E-state index contributed by atoms with van der Waals surface area (Å²) in [6.45, 7) is 0.175. The highest BCUT2D eigenvalue weighted by atomic mass is 32.1. The Morgan fingerprint density at radius 2 is 2.14 bits per heavy atom. The van der Waals surface area contributed by atoms with Crippen molar-refractivity contribution in [3.63, 3.8) is 0 Å². The lowest BCUT2D eigenvalue weighted by Gasteiger charge is -2.06. The molecule has 1 aromatic carbocycles. The number of aromatic nitrogens is 3. The van der Waals surface area contributed by atoms with Gasteiger partial charge in [0.05, 0.1) is 10.6 Å². The molecule has 1 aliphatic rings. The molecule has 110 valence electrons. The van der Waals surface area contributed by atoms with Crippen LogP contribution in [0.25, 0.3) is 16.3 Å². The number of ether oxygens (including phenoxy) is 2. The Balaban J connectivity index is 1.90. The standard InChI is InChI=1S/C14H9N3O4S/c18-14(19)12-13(11-2-1-5-22-11)17(16-15-12)8-3-4-9-10(6-8)21-7-20-9/h1-6H,7H2,(H,18,19). The van der Waals surface area contributed by atoms with Crippen LogP contribution in [0.1, 0.15) is 10.5 Å². The predicted octanol–water partition coefficient (Wildman–Crippen LogP) is 2.42. The van der Waals surface area contributed by atoms with Crippen molar-refractivity contribution in [1.29, 1.82) is 0 Å². The third-order valence-corrected chi connectivity index (χ3v) is 4.10. The Hall–Kier alpha value is -2.87. The lowest BCUT2D eigenvalue weighted by molar-refractivity contribution is 0.0691. The summed E-state index contributed by atoms with van der Waals surface area (Å²) in [4.78, 5) is 12.2. The van der Waals surface area contributed by atoms with Crippen molar-refractivity contribution in [3.8, 4) is 27.8 Å². The van der Waals surface area contributed by atoms with Crippen LogP contribution in [0, 0.1) is 0 Å². The van der Waals surface area contributed by atoms with E-state index in [9.17, 15) is 9.90 Å². The number of carboxylic acid groups (broad SMARTS) is 1. The minimum absolute atomic E-state index is 0.0832. The van der Waals surface area contributed by atoms with Crippen molar-refractivity contribution in [1.82, 2.24) is 15.0 Å². The van der Waals surface area contributed by atoms with Crippen LogP contribution in [0.5, 0.6) is 11.5 Å². The molecule has 1 N–H and O–H groups in total. The van der Waals surface area contributed by atoms with Gasteiger partial charge in [-0.2, -0.15) is 0 Å². The van der Waals surface area contributed by atoms with Gasteiger partial charge in [0.1, 0.15) is 5.69 Å². The molecule has 0 radical (unpaired) electrons. The normalized spacial score (nSPS) is 12.5.